The summed E-state index contributed by atoms with van der Waals surface area (Å²) in [4.78, 5) is 0.193. The molecular weight excluding hydrogens is 238 g/mol. The van der Waals surface area contributed by atoms with E-state index in [0.29, 0.717) is 19.0 Å². The first-order chi connectivity index (χ1) is 7.10. The van der Waals surface area contributed by atoms with Gasteiger partial charge in [0.05, 0.1) is 6.20 Å². The van der Waals surface area contributed by atoms with Crippen molar-refractivity contribution in [2.24, 2.45) is 0 Å². The first-order valence-electron chi connectivity index (χ1n) is 4.68. The van der Waals surface area contributed by atoms with E-state index in [1.807, 2.05) is 0 Å². The van der Waals surface area contributed by atoms with Crippen molar-refractivity contribution in [1.29, 1.82) is 0 Å². The summed E-state index contributed by atoms with van der Waals surface area (Å²) in [5.74, 6) is 0.537. The number of nitrogens with one attached hydrogen (secondary N) is 1. The summed E-state index contributed by atoms with van der Waals surface area (Å²) in [6, 6.07) is 0. The Hall–Kier alpha value is -0.590. The predicted octanol–water partition coefficient (Wildman–Crippen LogP) is 0.810. The topological polar surface area (TPSA) is 64.0 Å². The maximum atomic E-state index is 11.5. The van der Waals surface area contributed by atoms with Gasteiger partial charge in [0, 0.05) is 25.2 Å². The fraction of sp³-hybridized carbons (Fsp3) is 0.625. The molecule has 1 aromatic rings. The van der Waals surface area contributed by atoms with Gasteiger partial charge in [-0.2, -0.15) is 5.10 Å². The molecule has 1 aromatic heterocycles. The lowest BCUT2D eigenvalue weighted by molar-refractivity contribution is 0.582. The Kier molecular flexibility index (Phi) is 4.56. The van der Waals surface area contributed by atoms with E-state index in [1.165, 1.54) is 12.4 Å². The molecule has 7 heteroatoms. The zero-order valence-corrected chi connectivity index (χ0v) is 10.1. The Morgan fingerprint density at radius 1 is 1.60 bits per heavy atom. The lowest BCUT2D eigenvalue weighted by Gasteiger charge is -2.00. The quantitative estimate of drug-likeness (QED) is 0.761. The van der Waals surface area contributed by atoms with Gasteiger partial charge in [0.1, 0.15) is 4.90 Å². The lowest BCUT2D eigenvalue weighted by atomic mass is 10.5. The van der Waals surface area contributed by atoms with Crippen molar-refractivity contribution < 1.29 is 8.42 Å². The standard InChI is InChI=1S/C8H14ClN3O2S/c1-2-11-15(13,14)8-6-10-12(7-8)5-3-4-9/h6-7,11H,2-5H2,1H3. The molecule has 0 unspecified atom stereocenters. The number of aromatic nitrogens is 2. The van der Waals surface area contributed by atoms with E-state index in [4.69, 9.17) is 11.6 Å². The molecule has 1 heterocycles. The van der Waals surface area contributed by atoms with Gasteiger partial charge in [-0.15, -0.1) is 11.6 Å². The number of nitrogens with zero attached hydrogens (tertiary/aromatic N) is 2. The van der Waals surface area contributed by atoms with E-state index in [9.17, 15) is 8.42 Å². The average Bonchev–Trinajstić information content (AvgIpc) is 2.63. The fourth-order valence-electron chi connectivity index (χ4n) is 1.10. The van der Waals surface area contributed by atoms with Crippen LogP contribution >= 0.6 is 11.6 Å². The van der Waals surface area contributed by atoms with Gasteiger partial charge >= 0.3 is 0 Å². The highest BCUT2D eigenvalue weighted by molar-refractivity contribution is 7.89. The highest BCUT2D eigenvalue weighted by Crippen LogP contribution is 2.06. The van der Waals surface area contributed by atoms with Gasteiger partial charge in [-0.1, -0.05) is 6.92 Å². The molecule has 0 aliphatic rings. The van der Waals surface area contributed by atoms with E-state index in [-0.39, 0.29) is 4.90 Å². The van der Waals surface area contributed by atoms with Crippen molar-refractivity contribution in [2.45, 2.75) is 24.8 Å². The number of rotatable bonds is 6. The van der Waals surface area contributed by atoms with E-state index in [1.54, 1.807) is 11.6 Å². The van der Waals surface area contributed by atoms with Crippen LogP contribution in [0.15, 0.2) is 17.3 Å². The summed E-state index contributed by atoms with van der Waals surface area (Å²) < 4.78 is 27.0. The molecule has 0 fully saturated rings. The molecule has 0 saturated carbocycles. The molecule has 0 saturated heterocycles. The van der Waals surface area contributed by atoms with Crippen LogP contribution in [0.25, 0.3) is 0 Å². The van der Waals surface area contributed by atoms with Crippen LogP contribution in [-0.2, 0) is 16.6 Å². The summed E-state index contributed by atoms with van der Waals surface area (Å²) in [5, 5.41) is 3.94. The van der Waals surface area contributed by atoms with Gasteiger partial charge in [0.15, 0.2) is 0 Å². The molecule has 0 aliphatic heterocycles. The first kappa shape index (κ1) is 12.5. The Balaban J connectivity index is 2.75. The third-order valence-corrected chi connectivity index (χ3v) is 3.54. The largest absolute Gasteiger partial charge is 0.271 e. The fourth-order valence-corrected chi connectivity index (χ4v) is 2.21. The molecule has 0 amide bonds. The Bertz CT molecular complexity index is 402. The van der Waals surface area contributed by atoms with Gasteiger partial charge in [0.25, 0.3) is 0 Å². The smallest absolute Gasteiger partial charge is 0.243 e. The summed E-state index contributed by atoms with van der Waals surface area (Å²) in [6.07, 6.45) is 3.61. The number of aryl methyl sites for hydroxylation is 1. The normalized spacial score (nSPS) is 11.9. The second kappa shape index (κ2) is 5.48. The van der Waals surface area contributed by atoms with E-state index in [0.717, 1.165) is 6.42 Å². The number of halogens is 1. The van der Waals surface area contributed by atoms with Gasteiger partial charge in [0.2, 0.25) is 10.0 Å². The molecule has 0 aromatic carbocycles. The molecule has 15 heavy (non-hydrogen) atoms. The molecular formula is C8H14ClN3O2S. The highest BCUT2D eigenvalue weighted by atomic mass is 35.5. The second-order valence-electron chi connectivity index (χ2n) is 2.98. The van der Waals surface area contributed by atoms with E-state index < -0.39 is 10.0 Å². The second-order valence-corrected chi connectivity index (χ2v) is 5.13. The Morgan fingerprint density at radius 2 is 2.33 bits per heavy atom. The molecule has 0 atom stereocenters. The number of sulfonamides is 1. The summed E-state index contributed by atoms with van der Waals surface area (Å²) in [6.45, 7) is 2.73. The van der Waals surface area contributed by atoms with Crippen LogP contribution in [0.2, 0.25) is 0 Å². The summed E-state index contributed by atoms with van der Waals surface area (Å²) >= 11 is 5.53. The molecule has 1 rings (SSSR count). The van der Waals surface area contributed by atoms with E-state index >= 15 is 0 Å². The zero-order valence-electron chi connectivity index (χ0n) is 8.48. The maximum absolute atomic E-state index is 11.5. The average molecular weight is 252 g/mol. The van der Waals surface area contributed by atoms with Gasteiger partial charge in [-0.25, -0.2) is 13.1 Å². The summed E-state index contributed by atoms with van der Waals surface area (Å²) in [7, 11) is -3.38. The van der Waals surface area contributed by atoms with Crippen LogP contribution in [0, 0.1) is 0 Å². The van der Waals surface area contributed by atoms with Crippen molar-refractivity contribution in [3.05, 3.63) is 12.4 Å². The van der Waals surface area contributed by atoms with Crippen LogP contribution in [0.4, 0.5) is 0 Å². The SMILES string of the molecule is CCNS(=O)(=O)c1cnn(CCCCl)c1. The molecule has 0 radical (unpaired) electrons. The molecule has 0 spiro atoms. The monoisotopic (exact) mass is 251 g/mol. The van der Waals surface area contributed by atoms with Crippen LogP contribution in [0.1, 0.15) is 13.3 Å². The van der Waals surface area contributed by atoms with Crippen LogP contribution in [0.3, 0.4) is 0 Å². The van der Waals surface area contributed by atoms with Crippen LogP contribution < -0.4 is 4.72 Å². The zero-order chi connectivity index (χ0) is 11.3. The molecule has 1 N–H and O–H groups in total. The van der Waals surface area contributed by atoms with Crippen molar-refractivity contribution in [3.8, 4) is 0 Å². The minimum Gasteiger partial charge on any atom is -0.271 e. The van der Waals surface area contributed by atoms with Gasteiger partial charge in [-0.05, 0) is 6.42 Å². The lowest BCUT2D eigenvalue weighted by Crippen LogP contribution is -2.22. The van der Waals surface area contributed by atoms with Crippen molar-refractivity contribution in [3.63, 3.8) is 0 Å². The van der Waals surface area contributed by atoms with Crippen molar-refractivity contribution in [2.75, 3.05) is 12.4 Å². The number of hydrogen-bond donors (Lipinski definition) is 1. The third-order valence-electron chi connectivity index (χ3n) is 1.78. The van der Waals surface area contributed by atoms with Crippen molar-refractivity contribution in [1.82, 2.24) is 14.5 Å². The maximum Gasteiger partial charge on any atom is 0.243 e. The molecule has 86 valence electrons. The van der Waals surface area contributed by atoms with E-state index in [2.05, 4.69) is 9.82 Å². The van der Waals surface area contributed by atoms with Crippen LogP contribution in [-0.4, -0.2) is 30.6 Å². The Morgan fingerprint density at radius 3 is 2.93 bits per heavy atom. The molecule has 0 aliphatic carbocycles. The number of alkyl halides is 1. The van der Waals surface area contributed by atoms with Gasteiger partial charge in [-0.3, -0.25) is 4.68 Å². The molecule has 0 bridgehead atoms. The van der Waals surface area contributed by atoms with Crippen molar-refractivity contribution >= 4 is 21.6 Å². The summed E-state index contributed by atoms with van der Waals surface area (Å²) in [5.41, 5.74) is 0. The first-order valence-corrected chi connectivity index (χ1v) is 6.70. The predicted molar refractivity (Wildman–Crippen MR) is 58.4 cm³/mol. The minimum absolute atomic E-state index is 0.193. The van der Waals surface area contributed by atoms with Gasteiger partial charge < -0.3 is 0 Å². The third kappa shape index (κ3) is 3.48. The Labute approximate surface area is 94.5 Å². The molecule has 5 nitrogen and oxygen atoms in total. The number of hydrogen-bond acceptors (Lipinski definition) is 3. The minimum atomic E-state index is -3.38. The highest BCUT2D eigenvalue weighted by Gasteiger charge is 2.14. The van der Waals surface area contributed by atoms with Crippen LogP contribution in [0.5, 0.6) is 0 Å².